The van der Waals surface area contributed by atoms with Gasteiger partial charge in [-0.1, -0.05) is 16.8 Å². The number of ether oxygens (including phenoxy) is 2. The molecule has 2 aromatic heterocycles. The van der Waals surface area contributed by atoms with Gasteiger partial charge in [-0.3, -0.25) is 4.79 Å². The van der Waals surface area contributed by atoms with E-state index in [0.29, 0.717) is 57.3 Å². The van der Waals surface area contributed by atoms with Crippen LogP contribution in [0.1, 0.15) is 24.1 Å². The first-order chi connectivity index (χ1) is 12.2. The van der Waals surface area contributed by atoms with Crippen molar-refractivity contribution in [3.63, 3.8) is 0 Å². The molecule has 0 N–H and O–H groups in total. The fraction of sp³-hybridized carbons (Fsp3) is 0.643. The number of aryl methyl sites for hydroxylation is 1. The van der Waals surface area contributed by atoms with Crippen LogP contribution in [0.5, 0.6) is 0 Å². The Hall–Kier alpha value is -2.04. The molecule has 0 bridgehead atoms. The third-order valence-corrected chi connectivity index (χ3v) is 3.96. The Morgan fingerprint density at radius 3 is 3.16 bits per heavy atom. The van der Waals surface area contributed by atoms with Gasteiger partial charge < -0.3 is 18.9 Å². The van der Waals surface area contributed by atoms with Crippen molar-refractivity contribution in [1.29, 1.82) is 0 Å². The maximum Gasteiger partial charge on any atom is 0.223 e. The molecule has 0 radical (unpaired) electrons. The predicted octanol–water partition coefficient (Wildman–Crippen LogP) is 0.494. The van der Waals surface area contributed by atoms with Crippen molar-refractivity contribution in [2.24, 2.45) is 0 Å². The number of nitrogens with zero attached hydrogens (tertiary/aromatic N) is 6. The minimum atomic E-state index is -0.381. The molecular formula is C14H19ClN6O4. The lowest BCUT2D eigenvalue weighted by Gasteiger charge is -2.31. The third-order valence-electron chi connectivity index (χ3n) is 3.79. The minimum absolute atomic E-state index is 0.00703. The number of halogens is 1. The van der Waals surface area contributed by atoms with E-state index < -0.39 is 0 Å². The summed E-state index contributed by atoms with van der Waals surface area (Å²) in [5, 5.41) is 16.1. The lowest BCUT2D eigenvalue weighted by molar-refractivity contribution is -0.139. The third kappa shape index (κ3) is 4.74. The summed E-state index contributed by atoms with van der Waals surface area (Å²) in [4.78, 5) is 15.6. The first kappa shape index (κ1) is 17.8. The number of tetrazole rings is 1. The summed E-state index contributed by atoms with van der Waals surface area (Å²) in [5.74, 6) is 1.06. The fourth-order valence-electron chi connectivity index (χ4n) is 2.48. The average molecular weight is 371 g/mol. The van der Waals surface area contributed by atoms with Gasteiger partial charge in [-0.25, -0.2) is 0 Å². The van der Waals surface area contributed by atoms with Gasteiger partial charge in [0.15, 0.2) is 5.15 Å². The van der Waals surface area contributed by atoms with Crippen LogP contribution in [-0.2, 0) is 27.2 Å². The molecule has 1 saturated heterocycles. The highest BCUT2D eigenvalue weighted by Gasteiger charge is 2.28. The van der Waals surface area contributed by atoms with Gasteiger partial charge in [0.25, 0.3) is 0 Å². The maximum absolute atomic E-state index is 12.4. The van der Waals surface area contributed by atoms with Crippen LogP contribution in [-0.4, -0.2) is 69.6 Å². The van der Waals surface area contributed by atoms with Crippen molar-refractivity contribution < 1.29 is 18.8 Å². The van der Waals surface area contributed by atoms with Crippen molar-refractivity contribution in [2.45, 2.75) is 25.5 Å². The molecule has 0 aromatic carbocycles. The summed E-state index contributed by atoms with van der Waals surface area (Å²) < 4.78 is 15.7. The van der Waals surface area contributed by atoms with Crippen molar-refractivity contribution in [3.05, 3.63) is 22.8 Å². The minimum Gasteiger partial charge on any atom is -0.383 e. The largest absolute Gasteiger partial charge is 0.383 e. The molecule has 0 saturated carbocycles. The van der Waals surface area contributed by atoms with E-state index in [4.69, 9.17) is 25.6 Å². The highest BCUT2D eigenvalue weighted by Crippen LogP contribution is 2.19. The Morgan fingerprint density at radius 2 is 2.40 bits per heavy atom. The van der Waals surface area contributed by atoms with Gasteiger partial charge in [0.2, 0.25) is 11.7 Å². The lowest BCUT2D eigenvalue weighted by atomic mass is 10.2. The first-order valence-electron chi connectivity index (χ1n) is 7.93. The molecule has 1 aliphatic heterocycles. The van der Waals surface area contributed by atoms with E-state index in [0.717, 1.165) is 0 Å². The SMILES string of the molecule is COCCn1nnc(C2CN(C(=O)CCc3cc(Cl)no3)CCO2)n1. The number of hydrogen-bond acceptors (Lipinski definition) is 8. The van der Waals surface area contributed by atoms with Crippen LogP contribution in [0.15, 0.2) is 10.6 Å². The molecule has 1 unspecified atom stereocenters. The highest BCUT2D eigenvalue weighted by atomic mass is 35.5. The molecule has 1 atom stereocenters. The number of methoxy groups -OCH3 is 1. The van der Waals surface area contributed by atoms with Gasteiger partial charge in [-0.15, -0.1) is 10.2 Å². The topological polar surface area (TPSA) is 108 Å². The predicted molar refractivity (Wildman–Crippen MR) is 84.8 cm³/mol. The van der Waals surface area contributed by atoms with Crippen LogP contribution < -0.4 is 0 Å². The van der Waals surface area contributed by atoms with E-state index in [-0.39, 0.29) is 17.2 Å². The molecule has 0 aliphatic carbocycles. The molecule has 1 amide bonds. The van der Waals surface area contributed by atoms with Gasteiger partial charge in [0, 0.05) is 32.6 Å². The van der Waals surface area contributed by atoms with Crippen LogP contribution in [0.3, 0.4) is 0 Å². The number of morpholine rings is 1. The van der Waals surface area contributed by atoms with Gasteiger partial charge in [-0.05, 0) is 5.21 Å². The van der Waals surface area contributed by atoms with Crippen LogP contribution in [0.4, 0.5) is 0 Å². The summed E-state index contributed by atoms with van der Waals surface area (Å²) >= 11 is 5.70. The molecule has 11 heteroatoms. The van der Waals surface area contributed by atoms with Crippen molar-refractivity contribution in [3.8, 4) is 0 Å². The van der Waals surface area contributed by atoms with Gasteiger partial charge in [0.05, 0.1) is 26.3 Å². The van der Waals surface area contributed by atoms with Crippen LogP contribution in [0, 0.1) is 0 Å². The summed E-state index contributed by atoms with van der Waals surface area (Å²) in [6.45, 7) is 2.36. The number of amides is 1. The van der Waals surface area contributed by atoms with E-state index in [9.17, 15) is 4.79 Å². The first-order valence-corrected chi connectivity index (χ1v) is 8.30. The average Bonchev–Trinajstić information content (AvgIpc) is 3.27. The fourth-order valence-corrected chi connectivity index (χ4v) is 2.63. The Bertz CT molecular complexity index is 705. The van der Waals surface area contributed by atoms with Gasteiger partial charge in [0.1, 0.15) is 11.9 Å². The highest BCUT2D eigenvalue weighted by molar-refractivity contribution is 6.29. The number of carbonyl (C=O) groups is 1. The van der Waals surface area contributed by atoms with Crippen molar-refractivity contribution >= 4 is 17.5 Å². The zero-order valence-electron chi connectivity index (χ0n) is 13.8. The molecule has 3 heterocycles. The van der Waals surface area contributed by atoms with Crippen LogP contribution >= 0.6 is 11.6 Å². The standard InChI is InChI=1S/C14H19ClN6O4/c1-23-6-5-21-17-14(16-19-21)11-9-20(4-7-24-11)13(22)3-2-10-8-12(15)18-25-10/h8,11H,2-7,9H2,1H3. The molecule has 2 aromatic rings. The van der Waals surface area contributed by atoms with Crippen LogP contribution in [0.2, 0.25) is 5.15 Å². The summed E-state index contributed by atoms with van der Waals surface area (Å²) in [6.07, 6.45) is 0.381. The molecule has 0 spiro atoms. The Balaban J connectivity index is 1.53. The molecule has 25 heavy (non-hydrogen) atoms. The molecule has 136 valence electrons. The maximum atomic E-state index is 12.4. The number of carbonyl (C=O) groups excluding carboxylic acids is 1. The molecule has 1 aliphatic rings. The smallest absolute Gasteiger partial charge is 0.223 e. The zero-order chi connectivity index (χ0) is 17.6. The van der Waals surface area contributed by atoms with Gasteiger partial charge in [-0.2, -0.15) is 4.80 Å². The monoisotopic (exact) mass is 370 g/mol. The lowest BCUT2D eigenvalue weighted by Crippen LogP contribution is -2.42. The van der Waals surface area contributed by atoms with E-state index >= 15 is 0 Å². The van der Waals surface area contributed by atoms with Crippen molar-refractivity contribution in [2.75, 3.05) is 33.4 Å². The summed E-state index contributed by atoms with van der Waals surface area (Å²) in [7, 11) is 1.61. The normalized spacial score (nSPS) is 17.8. The molecule has 3 rings (SSSR count). The summed E-state index contributed by atoms with van der Waals surface area (Å²) in [5.41, 5.74) is 0. The van der Waals surface area contributed by atoms with Gasteiger partial charge >= 0.3 is 0 Å². The Labute approximate surface area is 149 Å². The second-order valence-corrected chi connectivity index (χ2v) is 5.94. The quantitative estimate of drug-likeness (QED) is 0.693. The second kappa shape index (κ2) is 8.37. The number of aromatic nitrogens is 5. The number of hydrogen-bond donors (Lipinski definition) is 0. The zero-order valence-corrected chi connectivity index (χ0v) is 14.6. The van der Waals surface area contributed by atoms with E-state index in [2.05, 4.69) is 20.6 Å². The Morgan fingerprint density at radius 1 is 1.52 bits per heavy atom. The molecule has 10 nitrogen and oxygen atoms in total. The Kier molecular flexibility index (Phi) is 5.95. The van der Waals surface area contributed by atoms with E-state index in [1.165, 1.54) is 4.80 Å². The van der Waals surface area contributed by atoms with Crippen LogP contribution in [0.25, 0.3) is 0 Å². The van der Waals surface area contributed by atoms with E-state index in [1.807, 2.05) is 0 Å². The molecular weight excluding hydrogens is 352 g/mol. The van der Waals surface area contributed by atoms with E-state index in [1.54, 1.807) is 18.1 Å². The molecule has 1 fully saturated rings. The van der Waals surface area contributed by atoms with Crippen molar-refractivity contribution in [1.82, 2.24) is 30.3 Å². The summed E-state index contributed by atoms with van der Waals surface area (Å²) in [6, 6.07) is 1.61. The second-order valence-electron chi connectivity index (χ2n) is 5.55. The number of rotatable bonds is 7.